The van der Waals surface area contributed by atoms with Crippen LogP contribution in [0.1, 0.15) is 0 Å². The summed E-state index contributed by atoms with van der Waals surface area (Å²) in [6.07, 6.45) is 0. The molecule has 34 valence electrons. The smallest absolute Gasteiger partial charge is 0.0809 e. The first kappa shape index (κ1) is 5.20. The molecule has 0 saturated heterocycles. The van der Waals surface area contributed by atoms with E-state index in [1.807, 2.05) is 0 Å². The second kappa shape index (κ2) is 4.20. The van der Waals surface area contributed by atoms with Gasteiger partial charge in [0.05, 0.1) is 13.1 Å². The van der Waals surface area contributed by atoms with Gasteiger partial charge in [0.1, 0.15) is 0 Å². The van der Waals surface area contributed by atoms with E-state index in [-0.39, 0.29) is 0 Å². The number of rotatable bonds is 3. The Bertz CT molecular complexity index is 41.5. The van der Waals surface area contributed by atoms with E-state index < -0.39 is 0 Å². The molecule has 6 heavy (non-hydrogen) atoms. The Morgan fingerprint density at radius 2 is 1.33 bits per heavy atom. The van der Waals surface area contributed by atoms with E-state index in [2.05, 4.69) is 10.2 Å². The van der Waals surface area contributed by atoms with Crippen molar-refractivity contribution in [1.82, 2.24) is 0 Å². The molecule has 2 N–H and O–H groups in total. The molecule has 0 bridgehead atoms. The van der Waals surface area contributed by atoms with Crippen LogP contribution in [0.25, 0.3) is 0 Å². The van der Waals surface area contributed by atoms with Gasteiger partial charge in [-0.25, -0.2) is 11.1 Å². The number of nitrogens with zero attached hydrogens (tertiary/aromatic N) is 2. The summed E-state index contributed by atoms with van der Waals surface area (Å²) >= 11 is 0. The van der Waals surface area contributed by atoms with Gasteiger partial charge in [0.25, 0.3) is 0 Å². The van der Waals surface area contributed by atoms with Gasteiger partial charge in [-0.2, -0.15) is 10.2 Å². The van der Waals surface area contributed by atoms with Crippen LogP contribution in [0.3, 0.4) is 0 Å². The summed E-state index contributed by atoms with van der Waals surface area (Å²) in [4.78, 5) is 0. The van der Waals surface area contributed by atoms with Crippen molar-refractivity contribution in [3.63, 3.8) is 0 Å². The zero-order valence-corrected chi connectivity index (χ0v) is 3.31. The molecule has 4 heteroatoms. The van der Waals surface area contributed by atoms with E-state index in [4.69, 9.17) is 11.1 Å². The number of hydrogen-bond donors (Lipinski definition) is 2. The molecule has 0 aromatic heterocycles. The Morgan fingerprint density at radius 1 is 1.00 bits per heavy atom. The van der Waals surface area contributed by atoms with E-state index in [9.17, 15) is 0 Å². The highest BCUT2D eigenvalue weighted by molar-refractivity contribution is 4.34. The van der Waals surface area contributed by atoms with Gasteiger partial charge in [0.2, 0.25) is 0 Å². The fourth-order valence-corrected chi connectivity index (χ4v) is 0.1000. The first-order valence-corrected chi connectivity index (χ1v) is 1.58. The summed E-state index contributed by atoms with van der Waals surface area (Å²) < 4.78 is 0. The standard InChI is InChI=1S/C2H6N4/c3-5-1-2-6-4/h3-4H,1-2H2. The van der Waals surface area contributed by atoms with Crippen molar-refractivity contribution in [2.24, 2.45) is 10.2 Å². The maximum absolute atomic E-state index is 6.19. The van der Waals surface area contributed by atoms with Gasteiger partial charge in [-0.05, 0) is 0 Å². The maximum Gasteiger partial charge on any atom is 0.0809 e. The lowest BCUT2D eigenvalue weighted by Crippen LogP contribution is -1.79. The quantitative estimate of drug-likeness (QED) is 0.380. The number of hydrogen-bond acceptors (Lipinski definition) is 4. The van der Waals surface area contributed by atoms with Gasteiger partial charge in [-0.3, -0.25) is 0 Å². The largest absolute Gasteiger partial charge is 0.210 e. The monoisotopic (exact) mass is 86.1 g/mol. The zero-order chi connectivity index (χ0) is 4.83. The van der Waals surface area contributed by atoms with Gasteiger partial charge in [0, 0.05) is 0 Å². The molecule has 0 aliphatic rings. The summed E-state index contributed by atoms with van der Waals surface area (Å²) in [7, 11) is 0. The van der Waals surface area contributed by atoms with E-state index in [1.165, 1.54) is 0 Å². The summed E-state index contributed by atoms with van der Waals surface area (Å²) in [5.41, 5.74) is 12.4. The van der Waals surface area contributed by atoms with Crippen molar-refractivity contribution < 1.29 is 0 Å². The predicted molar refractivity (Wildman–Crippen MR) is 20.0 cm³/mol. The van der Waals surface area contributed by atoms with Crippen LogP contribution in [0, 0.1) is 11.1 Å². The summed E-state index contributed by atoms with van der Waals surface area (Å²) in [5, 5.41) is 5.92. The molecule has 0 spiro atoms. The highest BCUT2D eigenvalue weighted by Crippen LogP contribution is 1.66. The molecule has 0 aliphatic carbocycles. The predicted octanol–water partition coefficient (Wildman–Crippen LogP) is 1.05. The van der Waals surface area contributed by atoms with E-state index in [1.54, 1.807) is 0 Å². The first-order chi connectivity index (χ1) is 2.91. The lowest BCUT2D eigenvalue weighted by Gasteiger charge is -1.74. The van der Waals surface area contributed by atoms with Crippen LogP contribution in [-0.4, -0.2) is 13.1 Å². The van der Waals surface area contributed by atoms with Crippen LogP contribution in [0.4, 0.5) is 0 Å². The molecule has 0 aromatic rings. The molecule has 0 radical (unpaired) electrons. The van der Waals surface area contributed by atoms with Gasteiger partial charge in [-0.1, -0.05) is 0 Å². The van der Waals surface area contributed by atoms with Crippen LogP contribution in [0.5, 0.6) is 0 Å². The summed E-state index contributed by atoms with van der Waals surface area (Å²) in [5.74, 6) is 0. The van der Waals surface area contributed by atoms with E-state index in [0.29, 0.717) is 13.1 Å². The molecule has 4 nitrogen and oxygen atoms in total. The van der Waals surface area contributed by atoms with Crippen molar-refractivity contribution in [1.29, 1.82) is 11.1 Å². The summed E-state index contributed by atoms with van der Waals surface area (Å²) in [6, 6.07) is 0. The Hall–Kier alpha value is -0.800. The molecule has 0 heterocycles. The molecule has 0 amide bonds. The molecule has 0 atom stereocenters. The van der Waals surface area contributed by atoms with Crippen molar-refractivity contribution in [2.45, 2.75) is 0 Å². The minimum Gasteiger partial charge on any atom is -0.210 e. The third-order valence-corrected chi connectivity index (χ3v) is 0.324. The minimum atomic E-state index is 0.351. The fraction of sp³-hybridized carbons (Fsp3) is 1.00. The van der Waals surface area contributed by atoms with Crippen LogP contribution < -0.4 is 0 Å². The molecule has 0 rings (SSSR count). The maximum atomic E-state index is 6.19. The van der Waals surface area contributed by atoms with Crippen LogP contribution in [0.2, 0.25) is 0 Å². The Balaban J connectivity index is 2.66. The third kappa shape index (κ3) is 3.20. The van der Waals surface area contributed by atoms with Crippen molar-refractivity contribution in [3.05, 3.63) is 0 Å². The second-order valence-corrected chi connectivity index (χ2v) is 0.763. The summed E-state index contributed by atoms with van der Waals surface area (Å²) in [6.45, 7) is 0.701. The van der Waals surface area contributed by atoms with Crippen LogP contribution in [0.15, 0.2) is 10.2 Å². The normalized spacial score (nSPS) is 7.33. The van der Waals surface area contributed by atoms with Crippen LogP contribution in [-0.2, 0) is 0 Å². The Morgan fingerprint density at radius 3 is 1.50 bits per heavy atom. The lowest BCUT2D eigenvalue weighted by atomic mass is 10.7. The SMILES string of the molecule is N=NCCN=N. The zero-order valence-electron chi connectivity index (χ0n) is 3.31. The Kier molecular flexibility index (Phi) is 3.64. The lowest BCUT2D eigenvalue weighted by molar-refractivity contribution is 0.822. The molecular formula is C2H6N4. The molecule has 0 unspecified atom stereocenters. The molecular weight excluding hydrogens is 80.1 g/mol. The van der Waals surface area contributed by atoms with Gasteiger partial charge in [0.15, 0.2) is 0 Å². The Labute approximate surface area is 35.6 Å². The topological polar surface area (TPSA) is 72.4 Å². The van der Waals surface area contributed by atoms with Crippen LogP contribution >= 0.6 is 0 Å². The highest BCUT2D eigenvalue weighted by Gasteiger charge is 1.70. The average Bonchev–Trinajstić information content (AvgIpc) is 1.61. The third-order valence-electron chi connectivity index (χ3n) is 0.324. The fourth-order valence-electron chi connectivity index (χ4n) is 0.1000. The first-order valence-electron chi connectivity index (χ1n) is 1.58. The van der Waals surface area contributed by atoms with E-state index >= 15 is 0 Å². The van der Waals surface area contributed by atoms with Gasteiger partial charge >= 0.3 is 0 Å². The molecule has 0 saturated carbocycles. The van der Waals surface area contributed by atoms with Crippen molar-refractivity contribution in [3.8, 4) is 0 Å². The second-order valence-electron chi connectivity index (χ2n) is 0.763. The molecule has 0 fully saturated rings. The van der Waals surface area contributed by atoms with E-state index in [0.717, 1.165) is 0 Å². The number of nitrogens with one attached hydrogen (secondary N) is 2. The average molecular weight is 86.1 g/mol. The van der Waals surface area contributed by atoms with Gasteiger partial charge in [-0.15, -0.1) is 0 Å². The molecule has 0 aliphatic heterocycles. The highest BCUT2D eigenvalue weighted by atomic mass is 15.0. The minimum absolute atomic E-state index is 0.351. The van der Waals surface area contributed by atoms with Crippen molar-refractivity contribution >= 4 is 0 Å². The van der Waals surface area contributed by atoms with Crippen molar-refractivity contribution in [2.75, 3.05) is 13.1 Å². The molecule has 0 aromatic carbocycles. The van der Waals surface area contributed by atoms with Gasteiger partial charge < -0.3 is 0 Å².